The van der Waals surface area contributed by atoms with E-state index in [2.05, 4.69) is 10.2 Å². The van der Waals surface area contributed by atoms with Crippen LogP contribution in [0.15, 0.2) is 24.4 Å². The highest BCUT2D eigenvalue weighted by Crippen LogP contribution is 2.39. The monoisotopic (exact) mass is 302 g/mol. The van der Waals surface area contributed by atoms with Crippen molar-refractivity contribution in [1.29, 1.82) is 0 Å². The fraction of sp³-hybridized carbons (Fsp3) is 0.294. The highest BCUT2D eigenvalue weighted by atomic mass is 19.1. The van der Waals surface area contributed by atoms with Crippen molar-refractivity contribution in [3.05, 3.63) is 47.0 Å². The van der Waals surface area contributed by atoms with Gasteiger partial charge in [-0.25, -0.2) is 4.39 Å². The van der Waals surface area contributed by atoms with E-state index >= 15 is 0 Å². The largest absolute Gasteiger partial charge is 0.496 e. The van der Waals surface area contributed by atoms with Crippen LogP contribution in [0.25, 0.3) is 12.2 Å². The number of hydrogen-bond donors (Lipinski definition) is 0. The van der Waals surface area contributed by atoms with E-state index in [1.807, 2.05) is 13.8 Å². The Morgan fingerprint density at radius 1 is 1.18 bits per heavy atom. The Morgan fingerprint density at radius 3 is 2.50 bits per heavy atom. The highest BCUT2D eigenvalue weighted by molar-refractivity contribution is 5.71. The van der Waals surface area contributed by atoms with Crippen LogP contribution in [-0.2, 0) is 0 Å². The zero-order valence-corrected chi connectivity index (χ0v) is 13.1. The van der Waals surface area contributed by atoms with Crippen LogP contribution in [0.2, 0.25) is 0 Å². The van der Waals surface area contributed by atoms with Crippen LogP contribution >= 0.6 is 0 Å². The van der Waals surface area contributed by atoms with Gasteiger partial charge in [-0.3, -0.25) is 0 Å². The lowest BCUT2D eigenvalue weighted by Crippen LogP contribution is -2.03. The van der Waals surface area contributed by atoms with Gasteiger partial charge < -0.3 is 9.47 Å². The first-order valence-electron chi connectivity index (χ1n) is 6.98. The number of ether oxygens (including phenoxy) is 2. The Bertz CT molecular complexity index is 670. The van der Waals surface area contributed by atoms with E-state index in [1.165, 1.54) is 7.11 Å². The molecule has 5 heteroatoms. The molecule has 0 atom stereocenters. The van der Waals surface area contributed by atoms with E-state index in [9.17, 15) is 4.39 Å². The molecule has 0 saturated carbocycles. The number of benzene rings is 1. The van der Waals surface area contributed by atoms with Crippen LogP contribution in [0.1, 0.15) is 36.6 Å². The van der Waals surface area contributed by atoms with E-state index in [1.54, 1.807) is 43.7 Å². The summed E-state index contributed by atoms with van der Waals surface area (Å²) in [6.07, 6.45) is 4.91. The third-order valence-electron chi connectivity index (χ3n) is 3.28. The van der Waals surface area contributed by atoms with Gasteiger partial charge in [0.1, 0.15) is 5.75 Å². The minimum Gasteiger partial charge on any atom is -0.496 e. The lowest BCUT2D eigenvalue weighted by Gasteiger charge is -2.18. The third kappa shape index (κ3) is 3.24. The Balaban J connectivity index is 2.51. The van der Waals surface area contributed by atoms with Crippen molar-refractivity contribution in [2.75, 3.05) is 14.2 Å². The summed E-state index contributed by atoms with van der Waals surface area (Å²) in [5, 5.41) is 7.71. The summed E-state index contributed by atoms with van der Waals surface area (Å²) >= 11 is 0. The molecule has 0 saturated heterocycles. The maximum absolute atomic E-state index is 14.6. The third-order valence-corrected chi connectivity index (χ3v) is 3.28. The molecule has 1 aromatic heterocycles. The molecule has 4 nitrogen and oxygen atoms in total. The van der Waals surface area contributed by atoms with Gasteiger partial charge in [0.05, 0.1) is 19.9 Å². The van der Waals surface area contributed by atoms with Gasteiger partial charge in [0.2, 0.25) is 0 Å². The second-order valence-electron chi connectivity index (χ2n) is 5.07. The summed E-state index contributed by atoms with van der Waals surface area (Å²) in [6, 6.07) is 5.23. The fourth-order valence-corrected chi connectivity index (χ4v) is 2.26. The number of hydrogen-bond acceptors (Lipinski definition) is 4. The van der Waals surface area contributed by atoms with Crippen molar-refractivity contribution in [3.8, 4) is 11.5 Å². The Morgan fingerprint density at radius 2 is 1.95 bits per heavy atom. The van der Waals surface area contributed by atoms with Crippen LogP contribution in [0.4, 0.5) is 4.39 Å². The second-order valence-corrected chi connectivity index (χ2v) is 5.07. The molecule has 1 aromatic carbocycles. The molecule has 116 valence electrons. The Labute approximate surface area is 129 Å². The predicted octanol–water partition coefficient (Wildman–Crippen LogP) is 3.93. The van der Waals surface area contributed by atoms with Gasteiger partial charge in [-0.2, -0.15) is 10.2 Å². The molecule has 2 aromatic rings. The number of nitrogens with zero attached hydrogens (tertiary/aromatic N) is 2. The summed E-state index contributed by atoms with van der Waals surface area (Å²) in [4.78, 5) is 0. The second kappa shape index (κ2) is 7.02. The van der Waals surface area contributed by atoms with Crippen LogP contribution in [-0.4, -0.2) is 24.4 Å². The summed E-state index contributed by atoms with van der Waals surface area (Å²) in [5.74, 6) is 0.491. The quantitative estimate of drug-likeness (QED) is 0.839. The zero-order valence-electron chi connectivity index (χ0n) is 13.1. The van der Waals surface area contributed by atoms with Gasteiger partial charge in [0.15, 0.2) is 11.6 Å². The van der Waals surface area contributed by atoms with Crippen LogP contribution in [0.5, 0.6) is 11.5 Å². The van der Waals surface area contributed by atoms with Crippen molar-refractivity contribution in [2.24, 2.45) is 0 Å². The summed E-state index contributed by atoms with van der Waals surface area (Å²) in [7, 11) is 3.02. The van der Waals surface area contributed by atoms with E-state index in [0.717, 1.165) is 5.56 Å². The molecule has 0 aliphatic rings. The molecule has 0 aliphatic carbocycles. The van der Waals surface area contributed by atoms with Crippen molar-refractivity contribution in [2.45, 2.75) is 19.8 Å². The Hall–Kier alpha value is -2.43. The molecule has 0 unspecified atom stereocenters. The van der Waals surface area contributed by atoms with Crippen molar-refractivity contribution in [3.63, 3.8) is 0 Å². The van der Waals surface area contributed by atoms with Gasteiger partial charge >= 0.3 is 0 Å². The molecule has 0 amide bonds. The molecule has 2 rings (SSSR count). The number of aromatic nitrogens is 2. The first-order chi connectivity index (χ1) is 10.6. The van der Waals surface area contributed by atoms with Crippen molar-refractivity contribution < 1.29 is 13.9 Å². The van der Waals surface area contributed by atoms with E-state index in [4.69, 9.17) is 9.47 Å². The van der Waals surface area contributed by atoms with Crippen LogP contribution < -0.4 is 9.47 Å². The first-order valence-corrected chi connectivity index (χ1v) is 6.98. The molecule has 0 spiro atoms. The number of rotatable bonds is 5. The normalized spacial score (nSPS) is 11.2. The summed E-state index contributed by atoms with van der Waals surface area (Å²) in [5.41, 5.74) is 1.75. The SMILES string of the molecule is COc1cc(C=Cc2cccnn2)c(F)c(OC)c1C(C)C. The maximum atomic E-state index is 14.6. The summed E-state index contributed by atoms with van der Waals surface area (Å²) < 4.78 is 25.3. The fourth-order valence-electron chi connectivity index (χ4n) is 2.26. The van der Waals surface area contributed by atoms with Gasteiger partial charge in [-0.15, -0.1) is 0 Å². The number of methoxy groups -OCH3 is 2. The molecule has 0 aliphatic heterocycles. The lowest BCUT2D eigenvalue weighted by molar-refractivity contribution is 0.362. The maximum Gasteiger partial charge on any atom is 0.172 e. The number of halogens is 1. The Kier molecular flexibility index (Phi) is 5.09. The molecule has 0 bridgehead atoms. The summed E-state index contributed by atoms with van der Waals surface area (Å²) in [6.45, 7) is 3.93. The molecule has 0 N–H and O–H groups in total. The van der Waals surface area contributed by atoms with Crippen molar-refractivity contribution in [1.82, 2.24) is 10.2 Å². The molecule has 22 heavy (non-hydrogen) atoms. The zero-order chi connectivity index (χ0) is 16.1. The van der Waals surface area contributed by atoms with Gasteiger partial charge in [0, 0.05) is 17.3 Å². The molecule has 1 heterocycles. The van der Waals surface area contributed by atoms with Gasteiger partial charge in [-0.05, 0) is 36.3 Å². The topological polar surface area (TPSA) is 44.2 Å². The molecular formula is C17H19FN2O2. The smallest absolute Gasteiger partial charge is 0.172 e. The molecular weight excluding hydrogens is 283 g/mol. The lowest BCUT2D eigenvalue weighted by atomic mass is 9.97. The average Bonchev–Trinajstić information content (AvgIpc) is 2.53. The van der Waals surface area contributed by atoms with E-state index in [-0.39, 0.29) is 11.7 Å². The van der Waals surface area contributed by atoms with Crippen LogP contribution in [0, 0.1) is 5.82 Å². The average molecular weight is 302 g/mol. The van der Waals surface area contributed by atoms with E-state index < -0.39 is 5.82 Å². The predicted molar refractivity (Wildman–Crippen MR) is 84.6 cm³/mol. The van der Waals surface area contributed by atoms with Gasteiger partial charge in [-0.1, -0.05) is 13.8 Å². The minimum absolute atomic E-state index is 0.0809. The first kappa shape index (κ1) is 15.9. The van der Waals surface area contributed by atoms with Crippen LogP contribution in [0.3, 0.4) is 0 Å². The van der Waals surface area contributed by atoms with E-state index in [0.29, 0.717) is 17.0 Å². The van der Waals surface area contributed by atoms with Gasteiger partial charge in [0.25, 0.3) is 0 Å². The highest BCUT2D eigenvalue weighted by Gasteiger charge is 2.20. The molecule has 0 fully saturated rings. The molecule has 0 radical (unpaired) electrons. The standard InChI is InChI=1S/C17H19FN2O2/c1-11(2)15-14(21-3)10-12(16(18)17(15)22-4)7-8-13-6-5-9-19-20-13/h5-11H,1-4H3. The van der Waals surface area contributed by atoms with Crippen molar-refractivity contribution >= 4 is 12.2 Å². The minimum atomic E-state index is -0.410.